The second-order valence-corrected chi connectivity index (χ2v) is 13.4. The molecule has 3 heterocycles. The predicted octanol–water partition coefficient (Wildman–Crippen LogP) is 5.26. The third-order valence-electron chi connectivity index (χ3n) is 7.61. The Morgan fingerprint density at radius 1 is 1.00 bits per heavy atom. The van der Waals surface area contributed by atoms with Crippen molar-refractivity contribution in [2.24, 2.45) is 0 Å². The van der Waals surface area contributed by atoms with Crippen LogP contribution < -0.4 is 14.8 Å². The Hall–Kier alpha value is -3.24. The molecule has 0 aliphatic carbocycles. The summed E-state index contributed by atoms with van der Waals surface area (Å²) < 4.78 is 32.9. The molecule has 6 rings (SSSR count). The number of rotatable bonds is 9. The number of nitrogens with zero attached hydrogens (tertiary/aromatic N) is 1. The highest BCUT2D eigenvalue weighted by Gasteiger charge is 2.32. The molecule has 0 saturated carbocycles. The van der Waals surface area contributed by atoms with Crippen molar-refractivity contribution in [3.63, 3.8) is 0 Å². The number of ether oxygens (including phenoxy) is 1. The summed E-state index contributed by atoms with van der Waals surface area (Å²) in [5.41, 5.74) is 4.22. The number of thiophene rings is 1. The van der Waals surface area contributed by atoms with Crippen LogP contribution in [0.25, 0.3) is 20.5 Å². The molecule has 2 aliphatic heterocycles. The van der Waals surface area contributed by atoms with Crippen LogP contribution in [0.15, 0.2) is 72.8 Å². The van der Waals surface area contributed by atoms with Crippen LogP contribution in [0, 0.1) is 0 Å². The maximum atomic E-state index is 12.5. The van der Waals surface area contributed by atoms with E-state index in [2.05, 4.69) is 63.5 Å². The van der Waals surface area contributed by atoms with Gasteiger partial charge >= 0.3 is 0 Å². The summed E-state index contributed by atoms with van der Waals surface area (Å²) in [6.07, 6.45) is 3.67. The number of anilines is 1. The van der Waals surface area contributed by atoms with E-state index in [0.717, 1.165) is 24.3 Å². The molecule has 2 N–H and O–H groups in total. The quantitative estimate of drug-likeness (QED) is 0.284. The molecule has 9 heteroatoms. The third kappa shape index (κ3) is 6.23. The lowest BCUT2D eigenvalue weighted by Crippen LogP contribution is -2.37. The Bertz CT molecular complexity index is 1590. The molecule has 7 nitrogen and oxygen atoms in total. The van der Waals surface area contributed by atoms with Gasteiger partial charge in [-0.05, 0) is 91.2 Å². The lowest BCUT2D eigenvalue weighted by molar-refractivity contribution is -0.117. The van der Waals surface area contributed by atoms with Gasteiger partial charge in [0.1, 0.15) is 18.4 Å². The van der Waals surface area contributed by atoms with Crippen LogP contribution in [0.1, 0.15) is 30.4 Å². The van der Waals surface area contributed by atoms with E-state index in [1.807, 2.05) is 24.3 Å². The number of amides is 1. The van der Waals surface area contributed by atoms with Crippen LogP contribution in [0.5, 0.6) is 5.75 Å². The first-order valence-electron chi connectivity index (χ1n) is 13.8. The Labute approximate surface area is 239 Å². The van der Waals surface area contributed by atoms with Crippen molar-refractivity contribution in [2.45, 2.75) is 31.7 Å². The average molecular weight is 576 g/mol. The predicted molar refractivity (Wildman–Crippen MR) is 162 cm³/mol. The minimum absolute atomic E-state index is 0.0206. The molecule has 1 amide bonds. The van der Waals surface area contributed by atoms with Crippen molar-refractivity contribution in [3.05, 3.63) is 83.9 Å². The highest BCUT2D eigenvalue weighted by molar-refractivity contribution is 7.89. The highest BCUT2D eigenvalue weighted by Crippen LogP contribution is 2.40. The summed E-state index contributed by atoms with van der Waals surface area (Å²) in [6.45, 7) is 4.06. The fraction of sp³-hybridized carbons (Fsp3) is 0.323. The van der Waals surface area contributed by atoms with Crippen LogP contribution in [0.2, 0.25) is 0 Å². The molecule has 4 aromatic rings. The van der Waals surface area contributed by atoms with Crippen LogP contribution in [-0.4, -0.2) is 57.3 Å². The Kier molecular flexibility index (Phi) is 7.89. The van der Waals surface area contributed by atoms with E-state index < -0.39 is 16.1 Å². The first-order valence-corrected chi connectivity index (χ1v) is 16.3. The Morgan fingerprint density at radius 3 is 2.48 bits per heavy atom. The number of hydrogen-bond acceptors (Lipinski definition) is 6. The second-order valence-electron chi connectivity index (χ2n) is 10.5. The number of nitrogens with one attached hydrogen (secondary N) is 2. The van der Waals surface area contributed by atoms with E-state index in [4.69, 9.17) is 4.74 Å². The molecule has 3 aromatic carbocycles. The van der Waals surface area contributed by atoms with Crippen molar-refractivity contribution in [3.8, 4) is 16.2 Å². The van der Waals surface area contributed by atoms with Crippen molar-refractivity contribution >= 4 is 43.0 Å². The van der Waals surface area contributed by atoms with Crippen LogP contribution in [0.4, 0.5) is 5.69 Å². The molecule has 1 aromatic heterocycles. The number of fused-ring (bicyclic) bond motifs is 1. The van der Waals surface area contributed by atoms with Gasteiger partial charge in [-0.2, -0.15) is 0 Å². The molecule has 1 atom stereocenters. The Balaban J connectivity index is 1.16. The molecule has 40 heavy (non-hydrogen) atoms. The van der Waals surface area contributed by atoms with Crippen LogP contribution in [-0.2, 0) is 21.2 Å². The molecular weight excluding hydrogens is 542 g/mol. The zero-order valence-electron chi connectivity index (χ0n) is 22.3. The lowest BCUT2D eigenvalue weighted by atomic mass is 9.99. The summed E-state index contributed by atoms with van der Waals surface area (Å²) >= 11 is 1.77. The summed E-state index contributed by atoms with van der Waals surface area (Å²) in [5.74, 6) is 0.550. The molecule has 2 fully saturated rings. The van der Waals surface area contributed by atoms with Gasteiger partial charge in [-0.25, -0.2) is 13.1 Å². The molecular formula is C31H33N3O4S2. The van der Waals surface area contributed by atoms with Crippen molar-refractivity contribution in [1.29, 1.82) is 0 Å². The fourth-order valence-corrected chi connectivity index (χ4v) is 7.99. The van der Waals surface area contributed by atoms with Crippen LogP contribution in [0.3, 0.4) is 0 Å². The number of likely N-dealkylation sites (tertiary alicyclic amines) is 1. The van der Waals surface area contributed by atoms with Crippen molar-refractivity contribution in [1.82, 2.24) is 9.62 Å². The highest BCUT2D eigenvalue weighted by atomic mass is 32.2. The van der Waals surface area contributed by atoms with E-state index >= 15 is 0 Å². The van der Waals surface area contributed by atoms with E-state index in [9.17, 15) is 13.2 Å². The number of sulfonamides is 1. The lowest BCUT2D eigenvalue weighted by Gasteiger charge is -2.15. The zero-order chi connectivity index (χ0) is 27.5. The molecule has 0 spiro atoms. The van der Waals surface area contributed by atoms with Gasteiger partial charge in [0, 0.05) is 21.8 Å². The monoisotopic (exact) mass is 575 g/mol. The zero-order valence-corrected chi connectivity index (χ0v) is 23.9. The molecule has 0 bridgehead atoms. The van der Waals surface area contributed by atoms with E-state index in [-0.39, 0.29) is 18.1 Å². The van der Waals surface area contributed by atoms with E-state index in [0.29, 0.717) is 12.3 Å². The smallest absolute Gasteiger partial charge is 0.242 e. The first kappa shape index (κ1) is 27.0. The third-order valence-corrected chi connectivity index (χ3v) is 10.3. The summed E-state index contributed by atoms with van der Waals surface area (Å²) in [5, 5.41) is 4.09. The number of benzene rings is 3. The van der Waals surface area contributed by atoms with Gasteiger partial charge in [0.2, 0.25) is 15.9 Å². The molecule has 1 unspecified atom stereocenters. The number of hydrogen-bond donors (Lipinski definition) is 2. The largest absolute Gasteiger partial charge is 0.492 e. The minimum Gasteiger partial charge on any atom is -0.492 e. The van der Waals surface area contributed by atoms with Crippen LogP contribution >= 0.6 is 11.3 Å². The van der Waals surface area contributed by atoms with E-state index in [1.54, 1.807) is 11.3 Å². The summed E-state index contributed by atoms with van der Waals surface area (Å²) in [7, 11) is -3.35. The van der Waals surface area contributed by atoms with Gasteiger partial charge in [-0.1, -0.05) is 42.5 Å². The molecule has 208 valence electrons. The number of carbonyl (C=O) groups is 1. The van der Waals surface area contributed by atoms with Crippen molar-refractivity contribution < 1.29 is 17.9 Å². The van der Waals surface area contributed by atoms with Gasteiger partial charge in [0.25, 0.3) is 0 Å². The van der Waals surface area contributed by atoms with Gasteiger partial charge in [0.05, 0.1) is 5.75 Å². The summed E-state index contributed by atoms with van der Waals surface area (Å²) in [4.78, 5) is 16.2. The topological polar surface area (TPSA) is 87.7 Å². The SMILES string of the molecule is O=C(Nc1ccc(-c2sc3ccccc3c2Cc2ccc(OCCN3CCCC3)cc2)cc1)C1CCS(=O)(=O)N1. The van der Waals surface area contributed by atoms with Gasteiger partial charge < -0.3 is 10.1 Å². The van der Waals surface area contributed by atoms with Gasteiger partial charge in [-0.3, -0.25) is 9.69 Å². The molecule has 2 saturated heterocycles. The second kappa shape index (κ2) is 11.7. The van der Waals surface area contributed by atoms with Gasteiger partial charge in [0.15, 0.2) is 0 Å². The average Bonchev–Trinajstić information content (AvgIpc) is 3.69. The maximum absolute atomic E-state index is 12.5. The number of carbonyl (C=O) groups excluding carboxylic acids is 1. The molecule has 0 radical (unpaired) electrons. The first-order chi connectivity index (χ1) is 19.4. The van der Waals surface area contributed by atoms with E-state index in [1.165, 1.54) is 52.0 Å². The standard InChI is InChI=1S/C31H33N3O4S2/c35-31(28-15-20-40(36,37)33-28)32-24-11-9-23(10-12-24)30-27(26-5-1-2-6-29(26)39-30)21-22-7-13-25(14-8-22)38-19-18-34-16-3-4-17-34/h1-2,5-14,28,33H,3-4,15-21H2,(H,32,35). The molecule has 2 aliphatic rings. The normalized spacial score (nSPS) is 18.8. The maximum Gasteiger partial charge on any atom is 0.242 e. The summed E-state index contributed by atoms with van der Waals surface area (Å²) in [6, 6.07) is 24.0. The minimum atomic E-state index is -3.35. The Morgan fingerprint density at radius 2 is 1.75 bits per heavy atom. The van der Waals surface area contributed by atoms with Gasteiger partial charge in [-0.15, -0.1) is 11.3 Å². The van der Waals surface area contributed by atoms with Crippen molar-refractivity contribution in [2.75, 3.05) is 37.3 Å². The fourth-order valence-electron chi connectivity index (χ4n) is 5.44.